The van der Waals surface area contributed by atoms with Crippen molar-refractivity contribution in [3.63, 3.8) is 0 Å². The molecule has 0 aromatic carbocycles. The molecule has 0 radical (unpaired) electrons. The Balaban J connectivity index is 2.31. The SMILES string of the molecule is CCCCC(CC)CC1CCCC1NCC. The monoisotopic (exact) mass is 225 g/mol. The Morgan fingerprint density at radius 2 is 2.00 bits per heavy atom. The van der Waals surface area contributed by atoms with E-state index < -0.39 is 0 Å². The van der Waals surface area contributed by atoms with Crippen LogP contribution in [0.25, 0.3) is 0 Å². The van der Waals surface area contributed by atoms with Crippen molar-refractivity contribution in [1.29, 1.82) is 0 Å². The molecule has 1 nitrogen and oxygen atoms in total. The Morgan fingerprint density at radius 3 is 2.62 bits per heavy atom. The summed E-state index contributed by atoms with van der Waals surface area (Å²) in [5.74, 6) is 1.96. The lowest BCUT2D eigenvalue weighted by molar-refractivity contribution is 0.298. The zero-order chi connectivity index (χ0) is 11.8. The molecule has 0 spiro atoms. The molecular formula is C15H31N. The van der Waals surface area contributed by atoms with Crippen LogP contribution in [-0.2, 0) is 0 Å². The first-order chi connectivity index (χ1) is 7.81. The van der Waals surface area contributed by atoms with E-state index in [1.807, 2.05) is 0 Å². The zero-order valence-electron chi connectivity index (χ0n) is 11.6. The van der Waals surface area contributed by atoms with Crippen molar-refractivity contribution in [3.05, 3.63) is 0 Å². The number of rotatable bonds is 8. The van der Waals surface area contributed by atoms with Crippen LogP contribution < -0.4 is 5.32 Å². The summed E-state index contributed by atoms with van der Waals surface area (Å²) in [5, 5.41) is 3.68. The van der Waals surface area contributed by atoms with Gasteiger partial charge in [-0.3, -0.25) is 0 Å². The van der Waals surface area contributed by atoms with Crippen LogP contribution in [0.15, 0.2) is 0 Å². The molecule has 0 aliphatic heterocycles. The van der Waals surface area contributed by atoms with Crippen molar-refractivity contribution in [2.45, 2.75) is 78.2 Å². The van der Waals surface area contributed by atoms with E-state index in [1.165, 1.54) is 51.4 Å². The Kier molecular flexibility index (Phi) is 7.11. The lowest BCUT2D eigenvalue weighted by atomic mass is 9.86. The van der Waals surface area contributed by atoms with E-state index >= 15 is 0 Å². The fourth-order valence-electron chi connectivity index (χ4n) is 3.26. The molecule has 0 heterocycles. The lowest BCUT2D eigenvalue weighted by Crippen LogP contribution is -2.33. The maximum atomic E-state index is 3.68. The highest BCUT2D eigenvalue weighted by Gasteiger charge is 2.27. The van der Waals surface area contributed by atoms with Gasteiger partial charge in [0.25, 0.3) is 0 Å². The molecule has 1 N–H and O–H groups in total. The second kappa shape index (κ2) is 8.11. The van der Waals surface area contributed by atoms with Crippen LogP contribution in [0.5, 0.6) is 0 Å². The molecule has 1 heteroatoms. The van der Waals surface area contributed by atoms with Crippen LogP contribution in [0.3, 0.4) is 0 Å². The van der Waals surface area contributed by atoms with Gasteiger partial charge in [0.15, 0.2) is 0 Å². The quantitative estimate of drug-likeness (QED) is 0.647. The third-order valence-corrected chi connectivity index (χ3v) is 4.30. The van der Waals surface area contributed by atoms with Crippen LogP contribution in [0, 0.1) is 11.8 Å². The van der Waals surface area contributed by atoms with Gasteiger partial charge in [-0.05, 0) is 37.6 Å². The predicted octanol–water partition coefficient (Wildman–Crippen LogP) is 4.37. The van der Waals surface area contributed by atoms with E-state index in [0.717, 1.165) is 24.4 Å². The maximum absolute atomic E-state index is 3.68. The minimum atomic E-state index is 0.834. The minimum Gasteiger partial charge on any atom is -0.314 e. The smallest absolute Gasteiger partial charge is 0.00953 e. The van der Waals surface area contributed by atoms with Crippen LogP contribution in [0.1, 0.15) is 72.1 Å². The average Bonchev–Trinajstić information content (AvgIpc) is 2.72. The molecule has 1 aliphatic rings. The van der Waals surface area contributed by atoms with Crippen LogP contribution in [0.2, 0.25) is 0 Å². The Bertz CT molecular complexity index is 167. The molecule has 3 unspecified atom stereocenters. The predicted molar refractivity (Wildman–Crippen MR) is 72.7 cm³/mol. The van der Waals surface area contributed by atoms with Gasteiger partial charge in [-0.2, -0.15) is 0 Å². The summed E-state index contributed by atoms with van der Waals surface area (Å²) in [6, 6.07) is 0.834. The van der Waals surface area contributed by atoms with Gasteiger partial charge in [-0.1, -0.05) is 52.9 Å². The summed E-state index contributed by atoms with van der Waals surface area (Å²) in [4.78, 5) is 0. The highest BCUT2D eigenvalue weighted by molar-refractivity contribution is 4.84. The highest BCUT2D eigenvalue weighted by atomic mass is 14.9. The summed E-state index contributed by atoms with van der Waals surface area (Å²) in [6.45, 7) is 8.07. The molecule has 3 atom stereocenters. The van der Waals surface area contributed by atoms with E-state index in [9.17, 15) is 0 Å². The van der Waals surface area contributed by atoms with E-state index in [-0.39, 0.29) is 0 Å². The second-order valence-corrected chi connectivity index (χ2v) is 5.51. The maximum Gasteiger partial charge on any atom is 0.00953 e. The fourth-order valence-corrected chi connectivity index (χ4v) is 3.26. The molecule has 1 fully saturated rings. The molecule has 0 saturated heterocycles. The summed E-state index contributed by atoms with van der Waals surface area (Å²) < 4.78 is 0. The van der Waals surface area contributed by atoms with Gasteiger partial charge in [-0.15, -0.1) is 0 Å². The molecule has 1 saturated carbocycles. The van der Waals surface area contributed by atoms with Crippen molar-refractivity contribution < 1.29 is 0 Å². The standard InChI is InChI=1S/C15H31N/c1-4-7-9-13(5-2)12-14-10-8-11-15(14)16-6-3/h13-16H,4-12H2,1-3H3. The van der Waals surface area contributed by atoms with E-state index in [2.05, 4.69) is 26.1 Å². The van der Waals surface area contributed by atoms with Gasteiger partial charge in [0.05, 0.1) is 0 Å². The first-order valence-electron chi connectivity index (χ1n) is 7.55. The molecular weight excluding hydrogens is 194 g/mol. The Labute approximate surface area is 102 Å². The molecule has 0 bridgehead atoms. The molecule has 1 rings (SSSR count). The van der Waals surface area contributed by atoms with Crippen LogP contribution >= 0.6 is 0 Å². The first kappa shape index (κ1) is 14.0. The minimum absolute atomic E-state index is 0.834. The summed E-state index contributed by atoms with van der Waals surface area (Å²) >= 11 is 0. The molecule has 96 valence electrons. The molecule has 1 aliphatic carbocycles. The van der Waals surface area contributed by atoms with E-state index in [0.29, 0.717) is 0 Å². The van der Waals surface area contributed by atoms with Crippen molar-refractivity contribution in [2.75, 3.05) is 6.54 Å². The van der Waals surface area contributed by atoms with Crippen molar-refractivity contribution in [3.8, 4) is 0 Å². The third kappa shape index (κ3) is 4.45. The molecule has 0 amide bonds. The number of hydrogen-bond acceptors (Lipinski definition) is 1. The van der Waals surface area contributed by atoms with Crippen molar-refractivity contribution in [2.24, 2.45) is 11.8 Å². The third-order valence-electron chi connectivity index (χ3n) is 4.30. The normalized spacial score (nSPS) is 27.2. The summed E-state index contributed by atoms with van der Waals surface area (Å²) in [7, 11) is 0. The van der Waals surface area contributed by atoms with Gasteiger partial charge in [-0.25, -0.2) is 0 Å². The summed E-state index contributed by atoms with van der Waals surface area (Å²) in [6.07, 6.45) is 11.5. The van der Waals surface area contributed by atoms with E-state index in [1.54, 1.807) is 0 Å². The van der Waals surface area contributed by atoms with Gasteiger partial charge < -0.3 is 5.32 Å². The van der Waals surface area contributed by atoms with Gasteiger partial charge >= 0.3 is 0 Å². The number of hydrogen-bond donors (Lipinski definition) is 1. The van der Waals surface area contributed by atoms with Gasteiger partial charge in [0, 0.05) is 6.04 Å². The fraction of sp³-hybridized carbons (Fsp3) is 1.00. The first-order valence-corrected chi connectivity index (χ1v) is 7.55. The Morgan fingerprint density at radius 1 is 1.19 bits per heavy atom. The van der Waals surface area contributed by atoms with Crippen LogP contribution in [-0.4, -0.2) is 12.6 Å². The summed E-state index contributed by atoms with van der Waals surface area (Å²) in [5.41, 5.74) is 0. The lowest BCUT2D eigenvalue weighted by Gasteiger charge is -2.25. The van der Waals surface area contributed by atoms with Crippen molar-refractivity contribution >= 4 is 0 Å². The zero-order valence-corrected chi connectivity index (χ0v) is 11.6. The Hall–Kier alpha value is -0.0400. The second-order valence-electron chi connectivity index (χ2n) is 5.51. The molecule has 0 aromatic heterocycles. The van der Waals surface area contributed by atoms with Gasteiger partial charge in [0.2, 0.25) is 0 Å². The number of nitrogens with one attached hydrogen (secondary N) is 1. The molecule has 0 aromatic rings. The number of unbranched alkanes of at least 4 members (excludes halogenated alkanes) is 1. The van der Waals surface area contributed by atoms with Crippen LogP contribution in [0.4, 0.5) is 0 Å². The topological polar surface area (TPSA) is 12.0 Å². The molecule has 16 heavy (non-hydrogen) atoms. The highest BCUT2D eigenvalue weighted by Crippen LogP contribution is 2.33. The average molecular weight is 225 g/mol. The van der Waals surface area contributed by atoms with Crippen molar-refractivity contribution in [1.82, 2.24) is 5.32 Å². The largest absolute Gasteiger partial charge is 0.314 e. The van der Waals surface area contributed by atoms with E-state index in [4.69, 9.17) is 0 Å². The van der Waals surface area contributed by atoms with Gasteiger partial charge in [0.1, 0.15) is 0 Å².